The highest BCUT2D eigenvalue weighted by atomic mass is 16.2. The minimum atomic E-state index is -0.344. The van der Waals surface area contributed by atoms with E-state index in [1.54, 1.807) is 28.8 Å². The molecule has 2 N–H and O–H groups in total. The Morgan fingerprint density at radius 3 is 2.86 bits per heavy atom. The molecular formula is C16H20N4O2. The summed E-state index contributed by atoms with van der Waals surface area (Å²) >= 11 is 0. The molecule has 1 unspecified atom stereocenters. The number of imidazole rings is 1. The first kappa shape index (κ1) is 15.8. The lowest BCUT2D eigenvalue weighted by molar-refractivity contribution is 0.0936. The highest BCUT2D eigenvalue weighted by Gasteiger charge is 2.21. The zero-order chi connectivity index (χ0) is 16.1. The van der Waals surface area contributed by atoms with E-state index in [2.05, 4.69) is 22.2 Å². The zero-order valence-corrected chi connectivity index (χ0v) is 12.8. The van der Waals surface area contributed by atoms with Crippen molar-refractivity contribution in [2.75, 3.05) is 6.54 Å². The van der Waals surface area contributed by atoms with Gasteiger partial charge in [-0.3, -0.25) is 14.0 Å². The number of carbonyl (C=O) groups is 2. The first-order chi connectivity index (χ1) is 10.6. The second-order valence-electron chi connectivity index (χ2n) is 5.02. The molecule has 2 aromatic heterocycles. The van der Waals surface area contributed by atoms with Crippen LogP contribution < -0.4 is 10.6 Å². The highest BCUT2D eigenvalue weighted by molar-refractivity contribution is 6.02. The van der Waals surface area contributed by atoms with Crippen molar-refractivity contribution < 1.29 is 9.59 Å². The predicted molar refractivity (Wildman–Crippen MR) is 84.9 cm³/mol. The number of aromatic nitrogens is 2. The van der Waals surface area contributed by atoms with Crippen molar-refractivity contribution in [3.63, 3.8) is 0 Å². The molecule has 116 valence electrons. The van der Waals surface area contributed by atoms with E-state index in [-0.39, 0.29) is 29.4 Å². The molecule has 6 heteroatoms. The van der Waals surface area contributed by atoms with E-state index in [0.717, 1.165) is 6.42 Å². The number of amides is 2. The van der Waals surface area contributed by atoms with Crippen LogP contribution in [0.1, 0.15) is 41.4 Å². The molecule has 6 nitrogen and oxygen atoms in total. The van der Waals surface area contributed by atoms with Crippen molar-refractivity contribution >= 4 is 17.3 Å². The fourth-order valence-corrected chi connectivity index (χ4v) is 2.00. The average Bonchev–Trinajstić information content (AvgIpc) is 2.92. The number of hydrogen-bond donors (Lipinski definition) is 2. The maximum atomic E-state index is 12.3. The second-order valence-corrected chi connectivity index (χ2v) is 5.02. The number of pyridine rings is 1. The Morgan fingerprint density at radius 2 is 2.18 bits per heavy atom. The number of nitrogens with one attached hydrogen (secondary N) is 2. The molecule has 0 aliphatic heterocycles. The first-order valence-corrected chi connectivity index (χ1v) is 7.25. The molecule has 1 atom stereocenters. The number of fused-ring (bicyclic) bond motifs is 1. The van der Waals surface area contributed by atoms with E-state index in [4.69, 9.17) is 0 Å². The van der Waals surface area contributed by atoms with E-state index in [9.17, 15) is 9.59 Å². The molecule has 0 radical (unpaired) electrons. The molecule has 0 saturated carbocycles. The quantitative estimate of drug-likeness (QED) is 0.798. The third-order valence-corrected chi connectivity index (χ3v) is 3.36. The van der Waals surface area contributed by atoms with Gasteiger partial charge in [0.2, 0.25) is 5.82 Å². The topological polar surface area (TPSA) is 75.5 Å². The van der Waals surface area contributed by atoms with E-state index < -0.39 is 0 Å². The van der Waals surface area contributed by atoms with Crippen molar-refractivity contribution in [1.29, 1.82) is 0 Å². The summed E-state index contributed by atoms with van der Waals surface area (Å²) in [6, 6.07) is 5.41. The van der Waals surface area contributed by atoms with Crippen molar-refractivity contribution in [1.82, 2.24) is 20.0 Å². The summed E-state index contributed by atoms with van der Waals surface area (Å²) in [6.45, 7) is 7.82. The molecule has 0 saturated heterocycles. The maximum absolute atomic E-state index is 12.3. The van der Waals surface area contributed by atoms with Gasteiger partial charge in [-0.2, -0.15) is 0 Å². The molecule has 2 heterocycles. The lowest BCUT2D eigenvalue weighted by Gasteiger charge is -2.09. The van der Waals surface area contributed by atoms with Gasteiger partial charge < -0.3 is 10.6 Å². The monoisotopic (exact) mass is 300 g/mol. The molecule has 0 aliphatic rings. The van der Waals surface area contributed by atoms with Crippen LogP contribution in [0.15, 0.2) is 37.1 Å². The Labute approximate surface area is 129 Å². The Hall–Kier alpha value is -2.63. The zero-order valence-electron chi connectivity index (χ0n) is 12.8. The van der Waals surface area contributed by atoms with Gasteiger partial charge in [0, 0.05) is 18.8 Å². The average molecular weight is 300 g/mol. The van der Waals surface area contributed by atoms with Crippen molar-refractivity contribution in [2.24, 2.45) is 0 Å². The van der Waals surface area contributed by atoms with Crippen LogP contribution in [-0.2, 0) is 0 Å². The summed E-state index contributed by atoms with van der Waals surface area (Å²) in [6.07, 6.45) is 4.12. The van der Waals surface area contributed by atoms with Crippen molar-refractivity contribution in [3.8, 4) is 0 Å². The highest BCUT2D eigenvalue weighted by Crippen LogP contribution is 2.13. The third kappa shape index (κ3) is 3.16. The Kier molecular flexibility index (Phi) is 4.93. The third-order valence-electron chi connectivity index (χ3n) is 3.36. The van der Waals surface area contributed by atoms with Crippen molar-refractivity contribution in [3.05, 3.63) is 48.6 Å². The minimum absolute atomic E-state index is 0.0472. The molecule has 2 rings (SSSR count). The smallest absolute Gasteiger partial charge is 0.287 e. The van der Waals surface area contributed by atoms with Gasteiger partial charge in [0.15, 0.2) is 5.69 Å². The number of hydrogen-bond acceptors (Lipinski definition) is 3. The van der Waals surface area contributed by atoms with Gasteiger partial charge in [-0.05, 0) is 25.5 Å². The molecule has 2 aromatic rings. The van der Waals surface area contributed by atoms with Crippen LogP contribution in [0.4, 0.5) is 0 Å². The summed E-state index contributed by atoms with van der Waals surface area (Å²) in [5.74, 6) is -0.434. The summed E-state index contributed by atoms with van der Waals surface area (Å²) < 4.78 is 1.62. The van der Waals surface area contributed by atoms with Gasteiger partial charge in [-0.15, -0.1) is 6.58 Å². The standard InChI is InChI=1S/C16H20N4O2/c1-4-9-17-16(22)14-19-13(15(21)18-11(3)5-2)12-8-6-7-10-20(12)14/h4,6-8,10-11H,1,5,9H2,2-3H3,(H,17,22)(H,18,21). The normalized spacial score (nSPS) is 11.9. The van der Waals surface area contributed by atoms with Gasteiger partial charge in [0.25, 0.3) is 11.8 Å². The molecule has 0 aliphatic carbocycles. The molecular weight excluding hydrogens is 280 g/mol. The minimum Gasteiger partial charge on any atom is -0.348 e. The second kappa shape index (κ2) is 6.89. The largest absolute Gasteiger partial charge is 0.348 e. The van der Waals surface area contributed by atoms with Crippen LogP contribution in [0.5, 0.6) is 0 Å². The number of nitrogens with zero attached hydrogens (tertiary/aromatic N) is 2. The Bertz CT molecular complexity index is 705. The van der Waals surface area contributed by atoms with Crippen LogP contribution in [0.3, 0.4) is 0 Å². The molecule has 0 bridgehead atoms. The summed E-state index contributed by atoms with van der Waals surface area (Å²) in [4.78, 5) is 28.7. The van der Waals surface area contributed by atoms with Crippen LogP contribution in [0.2, 0.25) is 0 Å². The molecule has 22 heavy (non-hydrogen) atoms. The number of rotatable bonds is 6. The van der Waals surface area contributed by atoms with Gasteiger partial charge >= 0.3 is 0 Å². The van der Waals surface area contributed by atoms with Gasteiger partial charge in [0.05, 0.1) is 5.52 Å². The fraction of sp³-hybridized carbons (Fsp3) is 0.312. The van der Waals surface area contributed by atoms with Gasteiger partial charge in [-0.25, -0.2) is 4.98 Å². The fourth-order valence-electron chi connectivity index (χ4n) is 2.00. The predicted octanol–water partition coefficient (Wildman–Crippen LogP) is 1.78. The first-order valence-electron chi connectivity index (χ1n) is 7.25. The van der Waals surface area contributed by atoms with Gasteiger partial charge in [0.1, 0.15) is 0 Å². The summed E-state index contributed by atoms with van der Waals surface area (Å²) in [7, 11) is 0. The molecule has 0 fully saturated rings. The Morgan fingerprint density at radius 1 is 1.41 bits per heavy atom. The van der Waals surface area contributed by atoms with E-state index in [1.165, 1.54) is 0 Å². The van der Waals surface area contributed by atoms with Crippen LogP contribution >= 0.6 is 0 Å². The van der Waals surface area contributed by atoms with Crippen LogP contribution in [-0.4, -0.2) is 33.8 Å². The summed E-state index contributed by atoms with van der Waals surface area (Å²) in [5.41, 5.74) is 0.858. The lowest BCUT2D eigenvalue weighted by atomic mass is 10.2. The molecule has 0 aromatic carbocycles. The van der Waals surface area contributed by atoms with E-state index >= 15 is 0 Å². The van der Waals surface area contributed by atoms with E-state index in [1.807, 2.05) is 19.9 Å². The molecule has 2 amide bonds. The Balaban J connectivity index is 2.41. The summed E-state index contributed by atoms with van der Waals surface area (Å²) in [5, 5.41) is 5.54. The maximum Gasteiger partial charge on any atom is 0.287 e. The molecule has 0 spiro atoms. The van der Waals surface area contributed by atoms with Crippen molar-refractivity contribution in [2.45, 2.75) is 26.3 Å². The number of carbonyl (C=O) groups excluding carboxylic acids is 2. The van der Waals surface area contributed by atoms with Crippen LogP contribution in [0.25, 0.3) is 5.52 Å². The van der Waals surface area contributed by atoms with Gasteiger partial charge in [-0.1, -0.05) is 19.1 Å². The SMILES string of the molecule is C=CCNC(=O)c1nc(C(=O)NC(C)CC)c2ccccn12. The van der Waals surface area contributed by atoms with Crippen LogP contribution in [0, 0.1) is 0 Å². The van der Waals surface area contributed by atoms with E-state index in [0.29, 0.717) is 12.1 Å². The lowest BCUT2D eigenvalue weighted by Crippen LogP contribution is -2.32.